The monoisotopic (exact) mass is 563 g/mol. The lowest BCUT2D eigenvalue weighted by molar-refractivity contribution is 0.0165. The maximum absolute atomic E-state index is 14.4. The lowest BCUT2D eigenvalue weighted by Gasteiger charge is -2.33. The van der Waals surface area contributed by atoms with Crippen LogP contribution in [-0.4, -0.2) is 51.5 Å². The van der Waals surface area contributed by atoms with Gasteiger partial charge in [-0.3, -0.25) is 4.98 Å². The van der Waals surface area contributed by atoms with Gasteiger partial charge in [-0.25, -0.2) is 9.18 Å². The number of nitrogens with zero attached hydrogens (tertiary/aromatic N) is 4. The molecule has 4 aromatic rings. The summed E-state index contributed by atoms with van der Waals surface area (Å²) in [5.41, 5.74) is 2.39. The number of amides is 1. The fourth-order valence-corrected chi connectivity index (χ4v) is 4.74. The molecule has 5 rings (SSSR count). The number of aromatic nitrogens is 3. The Kier molecular flexibility index (Phi) is 8.02. The molecule has 1 aliphatic rings. The molecule has 0 radical (unpaired) electrons. The first-order chi connectivity index (χ1) is 19.1. The molecule has 0 spiro atoms. The lowest BCUT2D eigenvalue weighted by Crippen LogP contribution is -2.42. The summed E-state index contributed by atoms with van der Waals surface area (Å²) in [6, 6.07) is 13.7. The molecule has 0 atom stereocenters. The number of benzene rings is 2. The first-order valence-corrected chi connectivity index (χ1v) is 13.6. The molecule has 1 aliphatic heterocycles. The van der Waals surface area contributed by atoms with Gasteiger partial charge in [-0.15, -0.1) is 0 Å². The highest BCUT2D eigenvalue weighted by Crippen LogP contribution is 2.31. The van der Waals surface area contributed by atoms with Crippen LogP contribution in [0.5, 0.6) is 5.75 Å². The number of halogens is 2. The van der Waals surface area contributed by atoms with E-state index in [4.69, 9.17) is 21.1 Å². The minimum atomic E-state index is -0.495. The van der Waals surface area contributed by atoms with E-state index >= 15 is 0 Å². The molecule has 1 amide bonds. The average molecular weight is 564 g/mol. The first kappa shape index (κ1) is 27.6. The van der Waals surface area contributed by atoms with Crippen molar-refractivity contribution in [1.29, 1.82) is 0 Å². The number of rotatable bonds is 6. The topological polar surface area (TPSA) is 89.5 Å². The van der Waals surface area contributed by atoms with Crippen molar-refractivity contribution < 1.29 is 18.7 Å². The molecule has 208 valence electrons. The van der Waals surface area contributed by atoms with E-state index in [1.165, 1.54) is 18.2 Å². The van der Waals surface area contributed by atoms with Crippen LogP contribution in [0.2, 0.25) is 5.02 Å². The van der Waals surface area contributed by atoms with E-state index in [-0.39, 0.29) is 11.7 Å². The standard InChI is InChI=1S/C30H31ClFN5O3/c1-30(2,3)40-29(38)37-12-9-19(10-13-37)18-39-22-5-6-23-26(8-11-33-27(23)16-22)35-21-15-28(36-34-17-21)24-14-20(31)4-7-25(24)32/h4-8,11,14-17,19H,9-10,12-13,18H2,1-3H3,(H,33,35,36). The Balaban J connectivity index is 1.22. The molecule has 0 aliphatic carbocycles. The van der Waals surface area contributed by atoms with E-state index in [0.717, 1.165) is 35.2 Å². The molecule has 2 aromatic carbocycles. The summed E-state index contributed by atoms with van der Waals surface area (Å²) in [6.45, 7) is 7.51. The van der Waals surface area contributed by atoms with Crippen LogP contribution in [-0.2, 0) is 4.74 Å². The molecule has 1 fully saturated rings. The molecule has 1 saturated heterocycles. The molecular weight excluding hydrogens is 533 g/mol. The van der Waals surface area contributed by atoms with E-state index in [0.29, 0.717) is 42.0 Å². The summed E-state index contributed by atoms with van der Waals surface area (Å²) in [5.74, 6) is 0.662. The molecule has 0 bridgehead atoms. The molecular formula is C30H31ClFN5O3. The molecule has 10 heteroatoms. The minimum Gasteiger partial charge on any atom is -0.493 e. The van der Waals surface area contributed by atoms with Gasteiger partial charge < -0.3 is 19.7 Å². The second-order valence-electron chi connectivity index (χ2n) is 10.8. The number of hydrogen-bond donors (Lipinski definition) is 1. The highest BCUT2D eigenvalue weighted by atomic mass is 35.5. The van der Waals surface area contributed by atoms with Crippen molar-refractivity contribution in [1.82, 2.24) is 20.1 Å². The summed E-state index contributed by atoms with van der Waals surface area (Å²) < 4.78 is 26.0. The first-order valence-electron chi connectivity index (χ1n) is 13.2. The van der Waals surface area contributed by atoms with Crippen molar-refractivity contribution in [3.8, 4) is 17.0 Å². The number of anilines is 2. The van der Waals surface area contributed by atoms with Crippen LogP contribution in [0.25, 0.3) is 22.2 Å². The molecule has 3 heterocycles. The predicted molar refractivity (Wildman–Crippen MR) is 153 cm³/mol. The second kappa shape index (κ2) is 11.6. The number of nitrogens with one attached hydrogen (secondary N) is 1. The number of likely N-dealkylation sites (tertiary alicyclic amines) is 1. The number of piperidine rings is 1. The Morgan fingerprint density at radius 2 is 1.93 bits per heavy atom. The molecule has 0 unspecified atom stereocenters. The van der Waals surface area contributed by atoms with Crippen LogP contribution in [0.15, 0.2) is 60.9 Å². The van der Waals surface area contributed by atoms with Crippen LogP contribution >= 0.6 is 11.6 Å². The van der Waals surface area contributed by atoms with Gasteiger partial charge in [0.25, 0.3) is 0 Å². The Labute approximate surface area is 237 Å². The third-order valence-corrected chi connectivity index (χ3v) is 6.84. The third-order valence-electron chi connectivity index (χ3n) is 6.60. The van der Waals surface area contributed by atoms with E-state index < -0.39 is 11.4 Å². The van der Waals surface area contributed by atoms with Gasteiger partial charge in [0.2, 0.25) is 0 Å². The van der Waals surface area contributed by atoms with Crippen molar-refractivity contribution in [2.45, 2.75) is 39.2 Å². The molecule has 8 nitrogen and oxygen atoms in total. The molecule has 0 saturated carbocycles. The van der Waals surface area contributed by atoms with E-state index in [9.17, 15) is 9.18 Å². The van der Waals surface area contributed by atoms with Gasteiger partial charge in [-0.2, -0.15) is 10.2 Å². The van der Waals surface area contributed by atoms with E-state index in [1.807, 2.05) is 45.0 Å². The van der Waals surface area contributed by atoms with Gasteiger partial charge in [-0.05, 0) is 82.0 Å². The summed E-state index contributed by atoms with van der Waals surface area (Å²) in [5, 5.41) is 12.8. The minimum absolute atomic E-state index is 0.257. The van der Waals surface area contributed by atoms with Crippen LogP contribution in [0.4, 0.5) is 20.6 Å². The quantitative estimate of drug-likeness (QED) is 0.264. The Morgan fingerprint density at radius 3 is 2.70 bits per heavy atom. The Hall–Kier alpha value is -3.98. The second-order valence-corrected chi connectivity index (χ2v) is 11.3. The van der Waals surface area contributed by atoms with Gasteiger partial charge >= 0.3 is 6.09 Å². The van der Waals surface area contributed by atoms with Gasteiger partial charge in [0, 0.05) is 47.0 Å². The molecule has 2 aromatic heterocycles. The summed E-state index contributed by atoms with van der Waals surface area (Å²) in [4.78, 5) is 18.6. The van der Waals surface area contributed by atoms with Crippen LogP contribution in [0.1, 0.15) is 33.6 Å². The van der Waals surface area contributed by atoms with E-state index in [1.54, 1.807) is 23.4 Å². The van der Waals surface area contributed by atoms with E-state index in [2.05, 4.69) is 20.5 Å². The molecule has 1 N–H and O–H groups in total. The number of ether oxygens (including phenoxy) is 2. The number of pyridine rings is 1. The third kappa shape index (κ3) is 6.77. The van der Waals surface area contributed by atoms with Gasteiger partial charge in [0.1, 0.15) is 17.2 Å². The number of carbonyl (C=O) groups is 1. The SMILES string of the molecule is CC(C)(C)OC(=O)N1CCC(COc2ccc3c(Nc4cnnc(-c5cc(Cl)ccc5F)c4)ccnc3c2)CC1. The largest absolute Gasteiger partial charge is 0.493 e. The number of fused-ring (bicyclic) bond motifs is 1. The van der Waals surface area contributed by atoms with Crippen molar-refractivity contribution in [2.75, 3.05) is 25.0 Å². The zero-order chi connectivity index (χ0) is 28.3. The zero-order valence-corrected chi connectivity index (χ0v) is 23.4. The van der Waals surface area contributed by atoms with Gasteiger partial charge in [0.05, 0.1) is 29.7 Å². The summed E-state index contributed by atoms with van der Waals surface area (Å²) in [6.07, 6.45) is 4.75. The average Bonchev–Trinajstić information content (AvgIpc) is 2.93. The summed E-state index contributed by atoms with van der Waals surface area (Å²) >= 11 is 6.05. The highest BCUT2D eigenvalue weighted by Gasteiger charge is 2.27. The molecule has 40 heavy (non-hydrogen) atoms. The van der Waals surface area contributed by atoms with Crippen molar-refractivity contribution >= 4 is 40.0 Å². The normalized spacial score (nSPS) is 14.3. The van der Waals surface area contributed by atoms with Crippen molar-refractivity contribution in [2.24, 2.45) is 5.92 Å². The number of hydrogen-bond acceptors (Lipinski definition) is 7. The lowest BCUT2D eigenvalue weighted by atomic mass is 9.98. The summed E-state index contributed by atoms with van der Waals surface area (Å²) in [7, 11) is 0. The number of carbonyl (C=O) groups excluding carboxylic acids is 1. The van der Waals surface area contributed by atoms with Gasteiger partial charge in [0.15, 0.2) is 0 Å². The van der Waals surface area contributed by atoms with Crippen LogP contribution in [0, 0.1) is 11.7 Å². The maximum Gasteiger partial charge on any atom is 0.410 e. The van der Waals surface area contributed by atoms with Gasteiger partial charge in [-0.1, -0.05) is 11.6 Å². The Bertz CT molecular complexity index is 1520. The predicted octanol–water partition coefficient (Wildman–Crippen LogP) is 7.25. The van der Waals surface area contributed by atoms with Crippen molar-refractivity contribution in [3.63, 3.8) is 0 Å². The van der Waals surface area contributed by atoms with Crippen molar-refractivity contribution in [3.05, 3.63) is 71.8 Å². The highest BCUT2D eigenvalue weighted by molar-refractivity contribution is 6.30. The zero-order valence-electron chi connectivity index (χ0n) is 22.7. The van der Waals surface area contributed by atoms with Crippen LogP contribution in [0.3, 0.4) is 0 Å². The Morgan fingerprint density at radius 1 is 1.12 bits per heavy atom. The van der Waals surface area contributed by atoms with Crippen LogP contribution < -0.4 is 10.1 Å². The fraction of sp³-hybridized carbons (Fsp3) is 0.333. The fourth-order valence-electron chi connectivity index (χ4n) is 4.57. The maximum atomic E-state index is 14.4. The smallest absolute Gasteiger partial charge is 0.410 e.